The first kappa shape index (κ1) is 19.7. The van der Waals surface area contributed by atoms with Crippen molar-refractivity contribution < 1.29 is 39.2 Å². The van der Waals surface area contributed by atoms with Crippen LogP contribution in [0.25, 0.3) is 0 Å². The van der Waals surface area contributed by atoms with Crippen LogP contribution in [0.1, 0.15) is 19.8 Å². The largest absolute Gasteiger partial charge is 0.478 e. The molecule has 0 spiro atoms. The summed E-state index contributed by atoms with van der Waals surface area (Å²) in [4.78, 5) is 39.7. The normalized spacial score (nSPS) is 9.85. The molecule has 0 aliphatic heterocycles. The second kappa shape index (κ2) is 12.8. The van der Waals surface area contributed by atoms with Gasteiger partial charge in [0.1, 0.15) is 0 Å². The minimum Gasteiger partial charge on any atom is -0.478 e. The van der Waals surface area contributed by atoms with Crippen LogP contribution in [-0.2, 0) is 23.9 Å². The van der Waals surface area contributed by atoms with Gasteiger partial charge in [-0.3, -0.25) is 0 Å². The zero-order valence-electron chi connectivity index (χ0n) is 10.8. The van der Waals surface area contributed by atoms with Gasteiger partial charge in [0.15, 0.2) is 0 Å². The molecule has 20 heavy (non-hydrogen) atoms. The van der Waals surface area contributed by atoms with E-state index in [1.165, 1.54) is 0 Å². The van der Waals surface area contributed by atoms with Crippen molar-refractivity contribution in [2.75, 3.05) is 6.61 Å². The van der Waals surface area contributed by atoms with E-state index in [1.54, 1.807) is 0 Å². The number of hydrogen-bond donors (Lipinski definition) is 3. The zero-order chi connectivity index (χ0) is 16.0. The monoisotopic (exact) mass is 288 g/mol. The Morgan fingerprint density at radius 3 is 1.60 bits per heavy atom. The van der Waals surface area contributed by atoms with Crippen LogP contribution < -0.4 is 0 Å². The highest BCUT2D eigenvalue weighted by Gasteiger charge is 1.96. The second-order valence-corrected chi connectivity index (χ2v) is 3.20. The van der Waals surface area contributed by atoms with Gasteiger partial charge in [0.05, 0.1) is 6.61 Å². The first-order chi connectivity index (χ1) is 9.29. The Balaban J connectivity index is 0. The summed E-state index contributed by atoms with van der Waals surface area (Å²) in [6.07, 6.45) is 4.51. The summed E-state index contributed by atoms with van der Waals surface area (Å²) in [6.45, 7) is 2.32. The van der Waals surface area contributed by atoms with Gasteiger partial charge in [0, 0.05) is 24.3 Å². The van der Waals surface area contributed by atoms with E-state index in [2.05, 4.69) is 4.74 Å². The van der Waals surface area contributed by atoms with E-state index in [1.807, 2.05) is 6.92 Å². The number of hydrogen-bond acceptors (Lipinski definition) is 5. The number of aliphatic carboxylic acids is 3. The molecule has 0 atom stereocenters. The fraction of sp³-hybridized carbons (Fsp3) is 0.333. The highest BCUT2D eigenvalue weighted by Crippen LogP contribution is 1.89. The molecule has 0 aromatic carbocycles. The average molecular weight is 288 g/mol. The van der Waals surface area contributed by atoms with Gasteiger partial charge in [0.25, 0.3) is 0 Å². The Kier molecular flexibility index (Phi) is 12.6. The molecule has 0 aliphatic rings. The molecule has 0 fully saturated rings. The van der Waals surface area contributed by atoms with Crippen molar-refractivity contribution in [3.05, 3.63) is 24.3 Å². The molecule has 0 aliphatic carbocycles. The Labute approximate surface area is 115 Å². The number of esters is 1. The quantitative estimate of drug-likeness (QED) is 0.353. The van der Waals surface area contributed by atoms with Crippen molar-refractivity contribution in [3.63, 3.8) is 0 Å². The van der Waals surface area contributed by atoms with E-state index in [0.29, 0.717) is 18.8 Å². The van der Waals surface area contributed by atoms with Crippen LogP contribution in [0.4, 0.5) is 0 Å². The van der Waals surface area contributed by atoms with Gasteiger partial charge >= 0.3 is 23.9 Å². The van der Waals surface area contributed by atoms with Crippen molar-refractivity contribution in [2.45, 2.75) is 19.8 Å². The van der Waals surface area contributed by atoms with Crippen molar-refractivity contribution >= 4 is 23.9 Å². The molecule has 0 amide bonds. The standard InChI is InChI=1S/C8H12O4.C4H4O4/c1-2-3-6-12-8(11)5-4-7(9)10;5-3(6)1-2-4(7)8/h4-5H,2-3,6H2,1H3,(H,9,10);1-2H,(H,5,6)(H,7,8)/b5-4+;2-1+. The topological polar surface area (TPSA) is 138 Å². The van der Waals surface area contributed by atoms with Crippen molar-refractivity contribution in [2.24, 2.45) is 0 Å². The molecule has 0 rings (SSSR count). The van der Waals surface area contributed by atoms with Gasteiger partial charge in [-0.25, -0.2) is 19.2 Å². The molecule has 0 unspecified atom stereocenters. The maximum atomic E-state index is 10.6. The van der Waals surface area contributed by atoms with E-state index in [9.17, 15) is 19.2 Å². The van der Waals surface area contributed by atoms with Crippen LogP contribution >= 0.6 is 0 Å². The number of ether oxygens (including phenoxy) is 1. The lowest BCUT2D eigenvalue weighted by molar-refractivity contribution is -0.138. The fourth-order valence-electron chi connectivity index (χ4n) is 0.647. The maximum Gasteiger partial charge on any atom is 0.331 e. The van der Waals surface area contributed by atoms with E-state index >= 15 is 0 Å². The summed E-state index contributed by atoms with van der Waals surface area (Å²) in [5, 5.41) is 23.8. The van der Waals surface area contributed by atoms with Crippen molar-refractivity contribution in [3.8, 4) is 0 Å². The molecule has 0 saturated carbocycles. The Bertz CT molecular complexity index is 378. The van der Waals surface area contributed by atoms with Crippen LogP contribution in [0, 0.1) is 0 Å². The molecule has 3 N–H and O–H groups in total. The van der Waals surface area contributed by atoms with Gasteiger partial charge in [-0.1, -0.05) is 13.3 Å². The molecular formula is C12H16O8. The fourth-order valence-corrected chi connectivity index (χ4v) is 0.647. The third-order valence-electron chi connectivity index (χ3n) is 1.47. The molecule has 0 heterocycles. The van der Waals surface area contributed by atoms with Crippen LogP contribution in [0.5, 0.6) is 0 Å². The summed E-state index contributed by atoms with van der Waals surface area (Å²) in [5.41, 5.74) is 0. The predicted molar refractivity (Wildman–Crippen MR) is 67.1 cm³/mol. The van der Waals surface area contributed by atoms with Crippen LogP contribution in [-0.4, -0.2) is 45.8 Å². The maximum absolute atomic E-state index is 10.6. The number of carboxylic acids is 3. The van der Waals surface area contributed by atoms with E-state index in [-0.39, 0.29) is 0 Å². The predicted octanol–water partition coefficient (Wildman–Crippen LogP) is 0.682. The highest BCUT2D eigenvalue weighted by atomic mass is 16.5. The van der Waals surface area contributed by atoms with Gasteiger partial charge < -0.3 is 20.1 Å². The Morgan fingerprint density at radius 2 is 1.25 bits per heavy atom. The number of carbonyl (C=O) groups is 4. The van der Waals surface area contributed by atoms with Gasteiger partial charge in [-0.05, 0) is 6.42 Å². The minimum atomic E-state index is -1.26. The van der Waals surface area contributed by atoms with Gasteiger partial charge in [-0.15, -0.1) is 0 Å². The Morgan fingerprint density at radius 1 is 0.850 bits per heavy atom. The molecule has 0 bridgehead atoms. The summed E-state index contributed by atoms with van der Waals surface area (Å²) in [7, 11) is 0. The summed E-state index contributed by atoms with van der Waals surface area (Å²) in [5.74, 6) is -4.27. The zero-order valence-corrected chi connectivity index (χ0v) is 10.8. The van der Waals surface area contributed by atoms with Gasteiger partial charge in [0.2, 0.25) is 0 Å². The highest BCUT2D eigenvalue weighted by molar-refractivity contribution is 5.90. The average Bonchev–Trinajstić information content (AvgIpc) is 2.35. The third kappa shape index (κ3) is 20.7. The van der Waals surface area contributed by atoms with Crippen LogP contribution in [0.2, 0.25) is 0 Å². The van der Waals surface area contributed by atoms with Crippen LogP contribution in [0.15, 0.2) is 24.3 Å². The van der Waals surface area contributed by atoms with E-state index in [4.69, 9.17) is 15.3 Å². The molecule has 0 aromatic heterocycles. The van der Waals surface area contributed by atoms with E-state index in [0.717, 1.165) is 25.0 Å². The first-order valence-electron chi connectivity index (χ1n) is 5.51. The molecule has 0 saturated heterocycles. The third-order valence-corrected chi connectivity index (χ3v) is 1.47. The Hall–Kier alpha value is -2.64. The lowest BCUT2D eigenvalue weighted by Crippen LogP contribution is -2.02. The van der Waals surface area contributed by atoms with Gasteiger partial charge in [-0.2, -0.15) is 0 Å². The number of rotatable bonds is 7. The molecule has 8 nitrogen and oxygen atoms in total. The second-order valence-electron chi connectivity index (χ2n) is 3.20. The van der Waals surface area contributed by atoms with Crippen molar-refractivity contribution in [1.82, 2.24) is 0 Å². The molecule has 0 radical (unpaired) electrons. The van der Waals surface area contributed by atoms with E-state index < -0.39 is 23.9 Å². The van der Waals surface area contributed by atoms with Crippen molar-refractivity contribution in [1.29, 1.82) is 0 Å². The minimum absolute atomic E-state index is 0.347. The summed E-state index contributed by atoms with van der Waals surface area (Å²) >= 11 is 0. The number of carbonyl (C=O) groups excluding carboxylic acids is 1. The van der Waals surface area contributed by atoms with Crippen LogP contribution in [0.3, 0.4) is 0 Å². The lowest BCUT2D eigenvalue weighted by atomic mass is 10.4. The smallest absolute Gasteiger partial charge is 0.331 e. The number of unbranched alkanes of at least 4 members (excludes halogenated alkanes) is 1. The molecule has 112 valence electrons. The SMILES string of the molecule is CCCCOC(=O)/C=C/C(=O)O.O=C(O)/C=C/C(=O)O. The molecule has 0 aromatic rings. The summed E-state index contributed by atoms with van der Waals surface area (Å²) in [6, 6.07) is 0. The first-order valence-corrected chi connectivity index (χ1v) is 5.51. The summed E-state index contributed by atoms with van der Waals surface area (Å²) < 4.78 is 4.64. The molecular weight excluding hydrogens is 272 g/mol. The molecule has 8 heteroatoms. The lowest BCUT2D eigenvalue weighted by Gasteiger charge is -1.97. The number of carboxylic acid groups (broad SMARTS) is 3.